The van der Waals surface area contributed by atoms with Gasteiger partial charge in [0.2, 0.25) is 0 Å². The van der Waals surface area contributed by atoms with Crippen molar-refractivity contribution in [2.45, 2.75) is 40.0 Å². The van der Waals surface area contributed by atoms with Gasteiger partial charge in [-0.25, -0.2) is 9.97 Å². The Labute approximate surface area is 115 Å². The Morgan fingerprint density at radius 3 is 2.68 bits per heavy atom. The molecule has 0 aliphatic heterocycles. The molecule has 1 aromatic rings. The number of nitrogens with one attached hydrogen (secondary N) is 1. The lowest BCUT2D eigenvalue weighted by atomic mass is 10.1. The average Bonchev–Trinajstić information content (AvgIpc) is 2.43. The van der Waals surface area contributed by atoms with Gasteiger partial charge in [0, 0.05) is 25.2 Å². The highest BCUT2D eigenvalue weighted by atomic mass is 15.2. The molecule has 0 saturated carbocycles. The van der Waals surface area contributed by atoms with E-state index < -0.39 is 0 Å². The van der Waals surface area contributed by atoms with Gasteiger partial charge in [0.1, 0.15) is 18.0 Å². The van der Waals surface area contributed by atoms with Gasteiger partial charge in [-0.05, 0) is 20.3 Å². The van der Waals surface area contributed by atoms with E-state index in [2.05, 4.69) is 47.0 Å². The summed E-state index contributed by atoms with van der Waals surface area (Å²) < 4.78 is 0. The number of nitrogens with zero attached hydrogens (tertiary/aromatic N) is 4. The van der Waals surface area contributed by atoms with Gasteiger partial charge in [0.25, 0.3) is 0 Å². The van der Waals surface area contributed by atoms with Crippen LogP contribution in [0.3, 0.4) is 0 Å². The minimum absolute atomic E-state index is 0.514. The zero-order chi connectivity index (χ0) is 14.1. The fraction of sp³-hybridized carbons (Fsp3) is 0.643. The van der Waals surface area contributed by atoms with Crippen molar-refractivity contribution >= 4 is 11.6 Å². The Morgan fingerprint density at radius 2 is 2.11 bits per heavy atom. The second-order valence-corrected chi connectivity index (χ2v) is 4.29. The molecule has 5 heteroatoms. The van der Waals surface area contributed by atoms with E-state index in [1.54, 1.807) is 6.33 Å². The second kappa shape index (κ2) is 8.30. The minimum Gasteiger partial charge on any atom is -0.370 e. The molecule has 0 aliphatic rings. The summed E-state index contributed by atoms with van der Waals surface area (Å²) in [4.78, 5) is 10.9. The Kier molecular flexibility index (Phi) is 6.65. The smallest absolute Gasteiger partial charge is 0.137 e. The first-order chi connectivity index (χ1) is 9.28. The molecule has 19 heavy (non-hydrogen) atoms. The Balaban J connectivity index is 3.08. The van der Waals surface area contributed by atoms with E-state index >= 15 is 0 Å². The highest BCUT2D eigenvalue weighted by Crippen LogP contribution is 2.25. The van der Waals surface area contributed by atoms with Crippen LogP contribution in [0.5, 0.6) is 0 Å². The van der Waals surface area contributed by atoms with Crippen LogP contribution in [0.25, 0.3) is 0 Å². The van der Waals surface area contributed by atoms with E-state index in [0.29, 0.717) is 13.0 Å². The number of nitriles is 1. The molecule has 0 atom stereocenters. The summed E-state index contributed by atoms with van der Waals surface area (Å²) in [5.41, 5.74) is 1.16. The molecule has 1 rings (SSSR count). The topological polar surface area (TPSA) is 64.8 Å². The number of hydrogen-bond donors (Lipinski definition) is 1. The van der Waals surface area contributed by atoms with Crippen LogP contribution in [0, 0.1) is 11.3 Å². The van der Waals surface area contributed by atoms with Crippen molar-refractivity contribution in [2.24, 2.45) is 0 Å². The molecular weight excluding hydrogens is 238 g/mol. The van der Waals surface area contributed by atoms with E-state index in [9.17, 15) is 0 Å². The van der Waals surface area contributed by atoms with Crippen molar-refractivity contribution in [3.63, 3.8) is 0 Å². The van der Waals surface area contributed by atoms with Gasteiger partial charge in [0.05, 0.1) is 12.5 Å². The maximum atomic E-state index is 8.75. The zero-order valence-corrected chi connectivity index (χ0v) is 12.1. The molecule has 1 N–H and O–H groups in total. The molecule has 0 fully saturated rings. The van der Waals surface area contributed by atoms with Gasteiger partial charge < -0.3 is 10.2 Å². The normalized spacial score (nSPS) is 10.0. The van der Waals surface area contributed by atoms with Crippen molar-refractivity contribution in [3.8, 4) is 6.07 Å². The molecule has 0 amide bonds. The van der Waals surface area contributed by atoms with E-state index in [1.165, 1.54) is 0 Å². The predicted molar refractivity (Wildman–Crippen MR) is 78.3 cm³/mol. The molecule has 0 aromatic carbocycles. The summed E-state index contributed by atoms with van der Waals surface area (Å²) in [7, 11) is 0. The number of rotatable bonds is 8. The van der Waals surface area contributed by atoms with E-state index in [1.807, 2.05) is 0 Å². The fourth-order valence-electron chi connectivity index (χ4n) is 2.07. The van der Waals surface area contributed by atoms with Crippen molar-refractivity contribution in [1.82, 2.24) is 9.97 Å². The Hall–Kier alpha value is -1.83. The van der Waals surface area contributed by atoms with Crippen LogP contribution in [0.2, 0.25) is 0 Å². The largest absolute Gasteiger partial charge is 0.370 e. The summed E-state index contributed by atoms with van der Waals surface area (Å²) in [5.74, 6) is 1.88. The van der Waals surface area contributed by atoms with Gasteiger partial charge in [-0.3, -0.25) is 0 Å². The lowest BCUT2D eigenvalue weighted by molar-refractivity contribution is 0.787. The number of hydrogen-bond acceptors (Lipinski definition) is 5. The lowest BCUT2D eigenvalue weighted by Crippen LogP contribution is -2.26. The van der Waals surface area contributed by atoms with E-state index in [-0.39, 0.29) is 0 Å². The van der Waals surface area contributed by atoms with E-state index in [0.717, 1.165) is 43.1 Å². The molecule has 0 spiro atoms. The van der Waals surface area contributed by atoms with Crippen molar-refractivity contribution in [3.05, 3.63) is 11.9 Å². The fourth-order valence-corrected chi connectivity index (χ4v) is 2.07. The first kappa shape index (κ1) is 15.2. The summed E-state index contributed by atoms with van der Waals surface area (Å²) in [6.07, 6.45) is 4.11. The van der Waals surface area contributed by atoms with E-state index in [4.69, 9.17) is 5.26 Å². The summed E-state index contributed by atoms with van der Waals surface area (Å²) in [6, 6.07) is 2.19. The first-order valence-electron chi connectivity index (χ1n) is 6.98. The summed E-state index contributed by atoms with van der Waals surface area (Å²) >= 11 is 0. The lowest BCUT2D eigenvalue weighted by Gasteiger charge is -2.24. The minimum atomic E-state index is 0.514. The van der Waals surface area contributed by atoms with Crippen molar-refractivity contribution in [1.29, 1.82) is 5.26 Å². The predicted octanol–water partition coefficient (Wildman–Crippen LogP) is 2.60. The van der Waals surface area contributed by atoms with Gasteiger partial charge in [-0.15, -0.1) is 0 Å². The van der Waals surface area contributed by atoms with Gasteiger partial charge in [-0.2, -0.15) is 5.26 Å². The Morgan fingerprint density at radius 1 is 1.32 bits per heavy atom. The summed E-state index contributed by atoms with van der Waals surface area (Å²) in [6.45, 7) is 8.70. The van der Waals surface area contributed by atoms with Gasteiger partial charge >= 0.3 is 0 Å². The highest BCUT2D eigenvalue weighted by molar-refractivity contribution is 5.58. The van der Waals surface area contributed by atoms with Gasteiger partial charge in [-0.1, -0.05) is 13.3 Å². The van der Waals surface area contributed by atoms with Crippen LogP contribution in [-0.2, 0) is 6.42 Å². The van der Waals surface area contributed by atoms with Crippen LogP contribution in [0.15, 0.2) is 6.33 Å². The quantitative estimate of drug-likeness (QED) is 0.779. The molecule has 0 radical (unpaired) electrons. The third kappa shape index (κ3) is 4.09. The monoisotopic (exact) mass is 261 g/mol. The van der Waals surface area contributed by atoms with Crippen molar-refractivity contribution in [2.75, 3.05) is 29.9 Å². The third-order valence-corrected chi connectivity index (χ3v) is 2.94. The molecule has 1 aromatic heterocycles. The van der Waals surface area contributed by atoms with Crippen LogP contribution in [0.4, 0.5) is 11.6 Å². The van der Waals surface area contributed by atoms with Crippen LogP contribution >= 0.6 is 0 Å². The number of anilines is 2. The molecule has 0 saturated heterocycles. The summed E-state index contributed by atoms with van der Waals surface area (Å²) in [5, 5.41) is 12.0. The van der Waals surface area contributed by atoms with Gasteiger partial charge in [0.15, 0.2) is 0 Å². The highest BCUT2D eigenvalue weighted by Gasteiger charge is 2.15. The van der Waals surface area contributed by atoms with Crippen LogP contribution in [-0.4, -0.2) is 29.6 Å². The molecule has 0 unspecified atom stereocenters. The zero-order valence-electron chi connectivity index (χ0n) is 12.1. The molecule has 104 valence electrons. The first-order valence-corrected chi connectivity index (χ1v) is 6.98. The SMILES string of the molecule is CCCc1c(NCC)ncnc1N(CC)CCC#N. The average molecular weight is 261 g/mol. The second-order valence-electron chi connectivity index (χ2n) is 4.29. The molecule has 0 bridgehead atoms. The Bertz CT molecular complexity index is 424. The standard InChI is InChI=1S/C14H23N5/c1-4-8-12-13(16-5-2)17-11-18-14(12)19(6-3)10-7-9-15/h11H,4-8,10H2,1-3H3,(H,16,17,18). The van der Waals surface area contributed by atoms with Crippen molar-refractivity contribution < 1.29 is 0 Å². The third-order valence-electron chi connectivity index (χ3n) is 2.94. The molecular formula is C14H23N5. The molecule has 1 heterocycles. The maximum absolute atomic E-state index is 8.75. The molecule has 5 nitrogen and oxygen atoms in total. The van der Waals surface area contributed by atoms with Crippen LogP contribution < -0.4 is 10.2 Å². The molecule has 0 aliphatic carbocycles. The van der Waals surface area contributed by atoms with Crippen LogP contribution in [0.1, 0.15) is 39.2 Å². The maximum Gasteiger partial charge on any atom is 0.137 e. The number of aromatic nitrogens is 2.